The van der Waals surface area contributed by atoms with Gasteiger partial charge in [0.1, 0.15) is 0 Å². The number of piperidine rings is 1. The Morgan fingerprint density at radius 2 is 2.00 bits per heavy atom. The van der Waals surface area contributed by atoms with Crippen LogP contribution in [0, 0.1) is 19.8 Å². The van der Waals surface area contributed by atoms with Crippen LogP contribution in [-0.4, -0.2) is 57.7 Å². The van der Waals surface area contributed by atoms with Crippen molar-refractivity contribution < 1.29 is 9.59 Å². The third-order valence-corrected chi connectivity index (χ3v) is 6.32. The lowest BCUT2D eigenvalue weighted by molar-refractivity contribution is -0.130. The van der Waals surface area contributed by atoms with Crippen LogP contribution in [0.15, 0.2) is 30.3 Å². The van der Waals surface area contributed by atoms with Gasteiger partial charge >= 0.3 is 6.03 Å². The van der Waals surface area contributed by atoms with Crippen molar-refractivity contribution in [2.45, 2.75) is 45.8 Å². The van der Waals surface area contributed by atoms with E-state index in [0.717, 1.165) is 29.8 Å². The molecule has 3 heterocycles. The smallest absolute Gasteiger partial charge is 0.318 e. The monoisotopic (exact) mass is 395 g/mol. The molecule has 1 N–H and O–H groups in total. The molecule has 2 aromatic rings. The molecule has 0 bridgehead atoms. The van der Waals surface area contributed by atoms with E-state index in [4.69, 9.17) is 0 Å². The number of nitrogens with one attached hydrogen (secondary N) is 1. The van der Waals surface area contributed by atoms with Crippen molar-refractivity contribution in [2.75, 3.05) is 20.1 Å². The third kappa shape index (κ3) is 3.73. The van der Waals surface area contributed by atoms with E-state index in [-0.39, 0.29) is 23.9 Å². The summed E-state index contributed by atoms with van der Waals surface area (Å²) in [4.78, 5) is 28.8. The number of likely N-dealkylation sites (tertiary alicyclic amines) is 2. The highest BCUT2D eigenvalue weighted by Gasteiger charge is 2.45. The largest absolute Gasteiger partial charge is 0.343 e. The first-order valence-electron chi connectivity index (χ1n) is 10.3. The number of benzene rings is 1. The summed E-state index contributed by atoms with van der Waals surface area (Å²) in [6, 6.07) is 10.1. The number of urea groups is 1. The molecule has 29 heavy (non-hydrogen) atoms. The van der Waals surface area contributed by atoms with E-state index < -0.39 is 0 Å². The summed E-state index contributed by atoms with van der Waals surface area (Å²) < 4.78 is 1.99. The summed E-state index contributed by atoms with van der Waals surface area (Å²) in [6.07, 6.45) is 1.75. The maximum atomic E-state index is 12.9. The molecule has 7 heteroatoms. The first-order chi connectivity index (χ1) is 14.0. The molecule has 2 aliphatic rings. The molecule has 2 saturated heterocycles. The Labute approximate surface area is 171 Å². The fraction of sp³-hybridized carbons (Fsp3) is 0.500. The van der Waals surface area contributed by atoms with E-state index in [9.17, 15) is 9.59 Å². The number of aryl methyl sites for hydroxylation is 1. The van der Waals surface area contributed by atoms with Gasteiger partial charge in [0.25, 0.3) is 0 Å². The number of likely N-dealkylation sites (N-methyl/N-ethyl adjacent to an activating group) is 1. The molecule has 154 valence electrons. The molecule has 2 aliphatic heterocycles. The van der Waals surface area contributed by atoms with Crippen molar-refractivity contribution in [2.24, 2.45) is 5.92 Å². The van der Waals surface area contributed by atoms with Crippen molar-refractivity contribution >= 4 is 11.9 Å². The number of aromatic nitrogens is 2. The van der Waals surface area contributed by atoms with Crippen LogP contribution in [0.1, 0.15) is 35.4 Å². The van der Waals surface area contributed by atoms with Gasteiger partial charge in [0.2, 0.25) is 5.91 Å². The van der Waals surface area contributed by atoms with Crippen LogP contribution in [0.5, 0.6) is 0 Å². The molecule has 1 aromatic heterocycles. The maximum Gasteiger partial charge on any atom is 0.318 e. The zero-order valence-corrected chi connectivity index (χ0v) is 17.4. The Kier molecular flexibility index (Phi) is 5.30. The summed E-state index contributed by atoms with van der Waals surface area (Å²) in [5.41, 5.74) is 4.26. The molecule has 1 aromatic carbocycles. The normalized spacial score (nSPS) is 21.4. The number of hydrogen-bond acceptors (Lipinski definition) is 3. The molecule has 2 fully saturated rings. The summed E-state index contributed by atoms with van der Waals surface area (Å²) >= 11 is 0. The Bertz CT molecular complexity index is 907. The van der Waals surface area contributed by atoms with Crippen LogP contribution in [0.3, 0.4) is 0 Å². The SMILES string of the molecule is Cc1nn(Cc2ccccc2)c(C)c1CNC(=O)N1CCC[C@H]2C(=O)N(C)C[C@H]21. The van der Waals surface area contributed by atoms with Crippen LogP contribution < -0.4 is 5.32 Å². The average Bonchev–Trinajstić information content (AvgIpc) is 3.16. The minimum absolute atomic E-state index is 0.00996. The Morgan fingerprint density at radius 1 is 1.24 bits per heavy atom. The van der Waals surface area contributed by atoms with E-state index in [1.165, 1.54) is 5.56 Å². The summed E-state index contributed by atoms with van der Waals surface area (Å²) in [7, 11) is 1.82. The number of hydrogen-bond donors (Lipinski definition) is 1. The highest BCUT2D eigenvalue weighted by Crippen LogP contribution is 2.31. The van der Waals surface area contributed by atoms with Crippen LogP contribution in [0.4, 0.5) is 4.79 Å². The van der Waals surface area contributed by atoms with E-state index in [0.29, 0.717) is 26.2 Å². The highest BCUT2D eigenvalue weighted by atomic mass is 16.2. The molecule has 0 unspecified atom stereocenters. The predicted octanol–water partition coefficient (Wildman–Crippen LogP) is 2.31. The van der Waals surface area contributed by atoms with Gasteiger partial charge in [-0.2, -0.15) is 5.10 Å². The van der Waals surface area contributed by atoms with Crippen LogP contribution in [0.2, 0.25) is 0 Å². The Balaban J connectivity index is 1.42. The zero-order chi connectivity index (χ0) is 20.5. The van der Waals surface area contributed by atoms with Gasteiger partial charge < -0.3 is 15.1 Å². The van der Waals surface area contributed by atoms with Gasteiger partial charge in [-0.3, -0.25) is 9.48 Å². The van der Waals surface area contributed by atoms with E-state index in [1.54, 1.807) is 4.90 Å². The number of rotatable bonds is 4. The minimum Gasteiger partial charge on any atom is -0.343 e. The number of nitrogens with zero attached hydrogens (tertiary/aromatic N) is 4. The topological polar surface area (TPSA) is 70.5 Å². The van der Waals surface area contributed by atoms with Gasteiger partial charge in [-0.05, 0) is 32.3 Å². The Hall–Kier alpha value is -2.83. The number of carbonyl (C=O) groups excluding carboxylic acids is 2. The van der Waals surface area contributed by atoms with Crippen LogP contribution in [0.25, 0.3) is 0 Å². The highest BCUT2D eigenvalue weighted by molar-refractivity contribution is 5.84. The van der Waals surface area contributed by atoms with Gasteiger partial charge in [0.05, 0.1) is 24.2 Å². The fourth-order valence-corrected chi connectivity index (χ4v) is 4.64. The molecule has 7 nitrogen and oxygen atoms in total. The van der Waals surface area contributed by atoms with E-state index in [2.05, 4.69) is 22.5 Å². The molecular formula is C22H29N5O2. The number of fused-ring (bicyclic) bond motifs is 1. The van der Waals surface area contributed by atoms with Gasteiger partial charge in [-0.1, -0.05) is 30.3 Å². The number of amides is 3. The zero-order valence-electron chi connectivity index (χ0n) is 17.4. The fourth-order valence-electron chi connectivity index (χ4n) is 4.64. The summed E-state index contributed by atoms with van der Waals surface area (Å²) in [6.45, 7) is 6.53. The summed E-state index contributed by atoms with van der Waals surface area (Å²) in [5.74, 6) is 0.123. The second-order valence-electron chi connectivity index (χ2n) is 8.18. The summed E-state index contributed by atoms with van der Waals surface area (Å²) in [5, 5.41) is 7.74. The van der Waals surface area contributed by atoms with Gasteiger partial charge in [-0.25, -0.2) is 4.79 Å². The Morgan fingerprint density at radius 3 is 2.76 bits per heavy atom. The molecule has 0 aliphatic carbocycles. The first-order valence-corrected chi connectivity index (χ1v) is 10.3. The van der Waals surface area contributed by atoms with Crippen molar-refractivity contribution in [1.82, 2.24) is 24.9 Å². The van der Waals surface area contributed by atoms with Gasteiger partial charge in [0, 0.05) is 37.9 Å². The molecule has 0 radical (unpaired) electrons. The molecule has 2 atom stereocenters. The van der Waals surface area contributed by atoms with Crippen molar-refractivity contribution in [3.05, 3.63) is 52.8 Å². The maximum absolute atomic E-state index is 12.9. The van der Waals surface area contributed by atoms with Gasteiger partial charge in [-0.15, -0.1) is 0 Å². The lowest BCUT2D eigenvalue weighted by Crippen LogP contribution is -2.52. The van der Waals surface area contributed by atoms with Crippen molar-refractivity contribution in [3.8, 4) is 0 Å². The molecular weight excluding hydrogens is 366 g/mol. The molecule has 3 amide bonds. The molecule has 0 saturated carbocycles. The van der Waals surface area contributed by atoms with Crippen molar-refractivity contribution in [1.29, 1.82) is 0 Å². The van der Waals surface area contributed by atoms with E-state index in [1.807, 2.05) is 48.7 Å². The molecule has 4 rings (SSSR count). The number of carbonyl (C=O) groups is 2. The molecule has 0 spiro atoms. The second-order valence-corrected chi connectivity index (χ2v) is 8.18. The third-order valence-electron chi connectivity index (χ3n) is 6.32. The van der Waals surface area contributed by atoms with Crippen molar-refractivity contribution in [3.63, 3.8) is 0 Å². The standard InChI is InChI=1S/C22H29N5O2/c1-15-19(16(2)27(24-15)13-17-8-5-4-6-9-17)12-23-22(29)26-11-7-10-18-20(26)14-25(3)21(18)28/h4-6,8-9,18,20H,7,10-14H2,1-3H3,(H,23,29)/t18-,20-/m1/s1. The quantitative estimate of drug-likeness (QED) is 0.864. The predicted molar refractivity (Wildman–Crippen MR) is 110 cm³/mol. The minimum atomic E-state index is -0.0857. The lowest BCUT2D eigenvalue weighted by Gasteiger charge is -2.35. The second kappa shape index (κ2) is 7.89. The average molecular weight is 396 g/mol. The van der Waals surface area contributed by atoms with Gasteiger partial charge in [0.15, 0.2) is 0 Å². The van der Waals surface area contributed by atoms with Crippen LogP contribution >= 0.6 is 0 Å². The first kappa shape index (κ1) is 19.5. The van der Waals surface area contributed by atoms with Crippen LogP contribution in [-0.2, 0) is 17.9 Å². The lowest BCUT2D eigenvalue weighted by atomic mass is 9.92. The van der Waals surface area contributed by atoms with E-state index >= 15 is 0 Å².